The third-order valence-corrected chi connectivity index (χ3v) is 5.59. The van der Waals surface area contributed by atoms with E-state index in [-0.39, 0.29) is 17.8 Å². The fraction of sp³-hybridized carbons (Fsp3) is 0.409. The van der Waals surface area contributed by atoms with Crippen molar-refractivity contribution in [2.75, 3.05) is 31.2 Å². The topological polar surface area (TPSA) is 41.6 Å². The molecule has 1 heterocycles. The van der Waals surface area contributed by atoms with Gasteiger partial charge in [-0.3, -0.25) is 4.79 Å². The number of hydrogen-bond donors (Lipinski definition) is 1. The number of nitrogens with zero attached hydrogens (tertiary/aromatic N) is 1. The number of anilines is 1. The number of ether oxygens (including phenoxy) is 1. The first-order chi connectivity index (χ1) is 13.1. The van der Waals surface area contributed by atoms with E-state index in [1.807, 2.05) is 25.1 Å². The molecule has 4 rings (SSSR count). The summed E-state index contributed by atoms with van der Waals surface area (Å²) in [6.45, 7) is 4.70. The minimum atomic E-state index is -0.384. The second-order valence-corrected chi connectivity index (χ2v) is 7.48. The summed E-state index contributed by atoms with van der Waals surface area (Å²) in [4.78, 5) is 14.8. The third kappa shape index (κ3) is 4.14. The molecule has 0 bridgehead atoms. The monoisotopic (exact) mass is 368 g/mol. The molecule has 1 N–H and O–H groups in total. The lowest BCUT2D eigenvalue weighted by Crippen LogP contribution is -2.37. The molecular formula is C22H25FN2O2. The van der Waals surface area contributed by atoms with E-state index in [1.165, 1.54) is 17.7 Å². The van der Waals surface area contributed by atoms with Gasteiger partial charge >= 0.3 is 0 Å². The summed E-state index contributed by atoms with van der Waals surface area (Å²) in [6, 6.07) is 15.0. The smallest absolute Gasteiger partial charge is 0.251 e. The van der Waals surface area contributed by atoms with Crippen molar-refractivity contribution in [1.29, 1.82) is 0 Å². The van der Waals surface area contributed by atoms with E-state index in [0.717, 1.165) is 12.1 Å². The van der Waals surface area contributed by atoms with Crippen molar-refractivity contribution >= 4 is 11.6 Å². The van der Waals surface area contributed by atoms with Crippen LogP contribution in [0.5, 0.6) is 0 Å². The lowest BCUT2D eigenvalue weighted by atomic mass is 10.1. The number of carbonyl (C=O) groups excluding carboxylic acids is 1. The van der Waals surface area contributed by atoms with Crippen LogP contribution in [0.25, 0.3) is 0 Å². The van der Waals surface area contributed by atoms with Crippen LogP contribution in [0.15, 0.2) is 48.5 Å². The zero-order valence-corrected chi connectivity index (χ0v) is 15.5. The normalized spacial score (nSPS) is 23.0. The van der Waals surface area contributed by atoms with E-state index in [0.29, 0.717) is 43.7 Å². The van der Waals surface area contributed by atoms with Crippen LogP contribution in [-0.4, -0.2) is 38.3 Å². The summed E-state index contributed by atoms with van der Waals surface area (Å²) >= 11 is 0. The average Bonchev–Trinajstić information content (AvgIpc) is 3.50. The Morgan fingerprint density at radius 3 is 2.67 bits per heavy atom. The molecule has 0 aromatic heterocycles. The van der Waals surface area contributed by atoms with E-state index in [9.17, 15) is 9.18 Å². The van der Waals surface area contributed by atoms with Crippen LogP contribution in [0.4, 0.5) is 10.1 Å². The van der Waals surface area contributed by atoms with Gasteiger partial charge in [0.15, 0.2) is 0 Å². The highest BCUT2D eigenvalue weighted by molar-refractivity contribution is 5.95. The van der Waals surface area contributed by atoms with Gasteiger partial charge in [-0.05, 0) is 48.9 Å². The first-order valence-corrected chi connectivity index (χ1v) is 9.61. The number of amides is 1. The Balaban J connectivity index is 1.41. The van der Waals surface area contributed by atoms with Crippen LogP contribution in [0, 0.1) is 11.7 Å². The minimum absolute atomic E-state index is 0.0535. The van der Waals surface area contributed by atoms with Crippen molar-refractivity contribution in [1.82, 2.24) is 5.32 Å². The molecular weight excluding hydrogens is 343 g/mol. The highest BCUT2D eigenvalue weighted by atomic mass is 19.1. The Kier molecular flexibility index (Phi) is 5.12. The molecule has 5 heteroatoms. The van der Waals surface area contributed by atoms with E-state index >= 15 is 0 Å². The summed E-state index contributed by atoms with van der Waals surface area (Å²) in [6.07, 6.45) is 1.08. The molecule has 1 saturated heterocycles. The van der Waals surface area contributed by atoms with Crippen LogP contribution >= 0.6 is 0 Å². The van der Waals surface area contributed by atoms with Crippen LogP contribution in [-0.2, 0) is 4.74 Å². The van der Waals surface area contributed by atoms with Gasteiger partial charge in [-0.1, -0.05) is 30.3 Å². The lowest BCUT2D eigenvalue weighted by molar-refractivity contribution is 0.0935. The average molecular weight is 368 g/mol. The van der Waals surface area contributed by atoms with E-state index < -0.39 is 0 Å². The standard InChI is InChI=1S/C22H25FN2O2/c1-15(20-14-21(20)16-5-3-2-4-6-16)24-22(26)17-11-18(23)13-19(12-17)25-7-9-27-10-8-25/h2-6,11-13,15,20-21H,7-10,14H2,1H3,(H,24,26). The van der Waals surface area contributed by atoms with Crippen molar-refractivity contribution < 1.29 is 13.9 Å². The van der Waals surface area contributed by atoms with E-state index in [4.69, 9.17) is 4.74 Å². The molecule has 1 amide bonds. The highest BCUT2D eigenvalue weighted by Crippen LogP contribution is 2.49. The number of rotatable bonds is 5. The van der Waals surface area contributed by atoms with Gasteiger partial charge in [0.1, 0.15) is 5.82 Å². The van der Waals surface area contributed by atoms with Gasteiger partial charge in [0.2, 0.25) is 0 Å². The van der Waals surface area contributed by atoms with Gasteiger partial charge in [-0.25, -0.2) is 4.39 Å². The largest absolute Gasteiger partial charge is 0.378 e. The number of nitrogens with one attached hydrogen (secondary N) is 1. The summed E-state index contributed by atoms with van der Waals surface area (Å²) in [7, 11) is 0. The molecule has 3 unspecified atom stereocenters. The van der Waals surface area contributed by atoms with Crippen LogP contribution in [0.1, 0.15) is 35.2 Å². The number of carbonyl (C=O) groups is 1. The number of halogens is 1. The molecule has 0 radical (unpaired) electrons. The fourth-order valence-electron chi connectivity index (χ4n) is 3.96. The lowest BCUT2D eigenvalue weighted by Gasteiger charge is -2.29. The van der Waals surface area contributed by atoms with Crippen LogP contribution in [0.2, 0.25) is 0 Å². The van der Waals surface area contributed by atoms with Gasteiger partial charge in [0.25, 0.3) is 5.91 Å². The predicted octanol–water partition coefficient (Wildman–Crippen LogP) is 3.58. The van der Waals surface area contributed by atoms with Gasteiger partial charge in [-0.2, -0.15) is 0 Å². The number of morpholine rings is 1. The molecule has 2 aromatic rings. The molecule has 3 atom stereocenters. The van der Waals surface area contributed by atoms with Crippen molar-refractivity contribution in [2.45, 2.75) is 25.3 Å². The summed E-state index contributed by atoms with van der Waals surface area (Å²) in [5.41, 5.74) is 2.44. The molecule has 142 valence electrons. The predicted molar refractivity (Wildman–Crippen MR) is 104 cm³/mol. The van der Waals surface area contributed by atoms with Gasteiger partial charge in [0.05, 0.1) is 13.2 Å². The Bertz CT molecular complexity index is 805. The minimum Gasteiger partial charge on any atom is -0.378 e. The zero-order valence-electron chi connectivity index (χ0n) is 15.5. The quantitative estimate of drug-likeness (QED) is 0.877. The molecule has 0 spiro atoms. The number of hydrogen-bond acceptors (Lipinski definition) is 3. The highest BCUT2D eigenvalue weighted by Gasteiger charge is 2.42. The van der Waals surface area contributed by atoms with E-state index in [1.54, 1.807) is 6.07 Å². The zero-order chi connectivity index (χ0) is 18.8. The second-order valence-electron chi connectivity index (χ2n) is 7.48. The van der Waals surface area contributed by atoms with Crippen LogP contribution < -0.4 is 10.2 Å². The molecule has 2 aliphatic rings. The Labute approximate surface area is 159 Å². The molecule has 1 saturated carbocycles. The summed E-state index contributed by atoms with van der Waals surface area (Å²) in [5.74, 6) is 0.335. The molecule has 27 heavy (non-hydrogen) atoms. The van der Waals surface area contributed by atoms with Gasteiger partial charge < -0.3 is 15.0 Å². The Hall–Kier alpha value is -2.40. The maximum Gasteiger partial charge on any atom is 0.251 e. The van der Waals surface area contributed by atoms with Crippen molar-refractivity contribution in [2.24, 2.45) is 5.92 Å². The van der Waals surface area contributed by atoms with Crippen molar-refractivity contribution in [3.8, 4) is 0 Å². The fourth-order valence-corrected chi connectivity index (χ4v) is 3.96. The molecule has 2 aromatic carbocycles. The molecule has 1 aliphatic carbocycles. The van der Waals surface area contributed by atoms with Crippen molar-refractivity contribution in [3.05, 3.63) is 65.5 Å². The van der Waals surface area contributed by atoms with Gasteiger partial charge in [0, 0.05) is 30.4 Å². The second kappa shape index (κ2) is 7.69. The first-order valence-electron chi connectivity index (χ1n) is 9.61. The maximum absolute atomic E-state index is 14.1. The summed E-state index contributed by atoms with van der Waals surface area (Å²) < 4.78 is 19.4. The molecule has 2 fully saturated rings. The number of benzene rings is 2. The molecule has 4 nitrogen and oxygen atoms in total. The van der Waals surface area contributed by atoms with Crippen molar-refractivity contribution in [3.63, 3.8) is 0 Å². The maximum atomic E-state index is 14.1. The third-order valence-electron chi connectivity index (χ3n) is 5.59. The van der Waals surface area contributed by atoms with Gasteiger partial charge in [-0.15, -0.1) is 0 Å². The van der Waals surface area contributed by atoms with Crippen LogP contribution in [0.3, 0.4) is 0 Å². The summed E-state index contributed by atoms with van der Waals surface area (Å²) in [5, 5.41) is 3.07. The first kappa shape index (κ1) is 18.0. The Morgan fingerprint density at radius 1 is 1.19 bits per heavy atom. The Morgan fingerprint density at radius 2 is 1.93 bits per heavy atom. The molecule has 1 aliphatic heterocycles. The SMILES string of the molecule is CC(NC(=O)c1cc(F)cc(N2CCOCC2)c1)C1CC1c1ccccc1. The van der Waals surface area contributed by atoms with E-state index in [2.05, 4.69) is 22.3 Å².